The molecule has 2 aromatic carbocycles. The first kappa shape index (κ1) is 15.7. The van der Waals surface area contributed by atoms with Gasteiger partial charge < -0.3 is 5.11 Å². The zero-order chi connectivity index (χ0) is 17.3. The molecule has 8 heteroatoms. The lowest BCUT2D eigenvalue weighted by molar-refractivity contribution is -0.137. The lowest BCUT2D eigenvalue weighted by atomic mass is 10.1. The van der Waals surface area contributed by atoms with E-state index < -0.39 is 17.7 Å². The number of alkyl halides is 3. The highest BCUT2D eigenvalue weighted by atomic mass is 19.4. The van der Waals surface area contributed by atoms with Crippen molar-refractivity contribution in [2.75, 3.05) is 0 Å². The van der Waals surface area contributed by atoms with Crippen LogP contribution in [0, 0.1) is 0 Å². The van der Waals surface area contributed by atoms with Crippen LogP contribution in [0.2, 0.25) is 0 Å². The Morgan fingerprint density at radius 2 is 1.75 bits per heavy atom. The number of halogens is 3. The third-order valence-corrected chi connectivity index (χ3v) is 3.34. The molecule has 1 aromatic heterocycles. The van der Waals surface area contributed by atoms with Crippen LogP contribution in [0.1, 0.15) is 11.1 Å². The number of fused-ring (bicyclic) bond motifs is 1. The normalized spacial score (nSPS) is 12.5. The standard InChI is InChI=1S/C16H10F3N3O2/c17-16(18,19)11-7-5-10(6-8-11)9-14(15(23)24)22-13-4-2-1-3-12(13)20-21-22/h1-9H,(H,23,24)/b14-9-. The van der Waals surface area contributed by atoms with Crippen LogP contribution in [-0.4, -0.2) is 26.1 Å². The van der Waals surface area contributed by atoms with Crippen LogP contribution >= 0.6 is 0 Å². The molecule has 1 heterocycles. The number of hydrogen-bond acceptors (Lipinski definition) is 3. The van der Waals surface area contributed by atoms with Crippen molar-refractivity contribution in [2.45, 2.75) is 6.18 Å². The molecular formula is C16H10F3N3O2. The van der Waals surface area contributed by atoms with Gasteiger partial charge in [0.1, 0.15) is 5.52 Å². The Morgan fingerprint density at radius 1 is 1.08 bits per heavy atom. The Hall–Kier alpha value is -3.16. The smallest absolute Gasteiger partial charge is 0.416 e. The summed E-state index contributed by atoms with van der Waals surface area (Å²) in [6, 6.07) is 11.0. The number of carboxylic acids is 1. The van der Waals surface area contributed by atoms with Gasteiger partial charge in [-0.05, 0) is 35.9 Å². The fourth-order valence-corrected chi connectivity index (χ4v) is 2.19. The van der Waals surface area contributed by atoms with Gasteiger partial charge in [0, 0.05) is 0 Å². The van der Waals surface area contributed by atoms with Gasteiger partial charge in [0.05, 0.1) is 11.1 Å². The summed E-state index contributed by atoms with van der Waals surface area (Å²) in [6.45, 7) is 0. The minimum atomic E-state index is -4.44. The molecule has 5 nitrogen and oxygen atoms in total. The zero-order valence-electron chi connectivity index (χ0n) is 12.0. The fraction of sp³-hybridized carbons (Fsp3) is 0.0625. The molecule has 3 aromatic rings. The second kappa shape index (κ2) is 5.80. The van der Waals surface area contributed by atoms with Gasteiger partial charge in [0.25, 0.3) is 0 Å². The van der Waals surface area contributed by atoms with E-state index in [1.54, 1.807) is 24.3 Å². The molecular weight excluding hydrogens is 323 g/mol. The summed E-state index contributed by atoms with van der Waals surface area (Å²) in [5.74, 6) is -1.27. The van der Waals surface area contributed by atoms with E-state index in [-0.39, 0.29) is 5.70 Å². The molecule has 0 spiro atoms. The first-order chi connectivity index (χ1) is 11.4. The SMILES string of the molecule is O=C(O)/C(=C/c1ccc(C(F)(F)F)cc1)n1nnc2ccccc21. The molecule has 3 rings (SSSR count). The van der Waals surface area contributed by atoms with E-state index >= 15 is 0 Å². The summed E-state index contributed by atoms with van der Waals surface area (Å²) in [5, 5.41) is 17.1. The van der Waals surface area contributed by atoms with Crippen molar-refractivity contribution in [3.05, 3.63) is 59.7 Å². The van der Waals surface area contributed by atoms with Crippen LogP contribution in [-0.2, 0) is 11.0 Å². The number of carbonyl (C=O) groups is 1. The van der Waals surface area contributed by atoms with E-state index in [9.17, 15) is 23.1 Å². The van der Waals surface area contributed by atoms with Crippen molar-refractivity contribution in [1.29, 1.82) is 0 Å². The second-order valence-corrected chi connectivity index (χ2v) is 4.94. The van der Waals surface area contributed by atoms with Gasteiger partial charge in [0.2, 0.25) is 0 Å². The van der Waals surface area contributed by atoms with Gasteiger partial charge in [-0.2, -0.15) is 13.2 Å². The van der Waals surface area contributed by atoms with E-state index in [0.29, 0.717) is 16.6 Å². The van der Waals surface area contributed by atoms with Crippen molar-refractivity contribution in [2.24, 2.45) is 0 Å². The van der Waals surface area contributed by atoms with Gasteiger partial charge >= 0.3 is 12.1 Å². The third kappa shape index (κ3) is 2.98. The fourth-order valence-electron chi connectivity index (χ4n) is 2.19. The predicted molar refractivity (Wildman–Crippen MR) is 80.8 cm³/mol. The Bertz CT molecular complexity index is 928. The van der Waals surface area contributed by atoms with Crippen molar-refractivity contribution in [1.82, 2.24) is 15.0 Å². The van der Waals surface area contributed by atoms with Crippen LogP contribution in [0.4, 0.5) is 13.2 Å². The molecule has 0 fully saturated rings. The maximum absolute atomic E-state index is 12.6. The van der Waals surface area contributed by atoms with Gasteiger partial charge in [-0.1, -0.05) is 29.5 Å². The van der Waals surface area contributed by atoms with Gasteiger partial charge in [-0.3, -0.25) is 0 Å². The van der Waals surface area contributed by atoms with Crippen LogP contribution in [0.25, 0.3) is 22.8 Å². The molecule has 0 aliphatic heterocycles. The molecule has 0 aliphatic rings. The van der Waals surface area contributed by atoms with Crippen LogP contribution in [0.3, 0.4) is 0 Å². The molecule has 0 unspecified atom stereocenters. The van der Waals surface area contributed by atoms with Gasteiger partial charge in [-0.15, -0.1) is 5.10 Å². The number of rotatable bonds is 3. The maximum atomic E-state index is 12.6. The molecule has 0 saturated heterocycles. The quantitative estimate of drug-likeness (QED) is 0.745. The average molecular weight is 333 g/mol. The molecule has 0 amide bonds. The zero-order valence-corrected chi connectivity index (χ0v) is 12.0. The van der Waals surface area contributed by atoms with E-state index in [1.165, 1.54) is 18.2 Å². The highest BCUT2D eigenvalue weighted by Crippen LogP contribution is 2.29. The van der Waals surface area contributed by atoms with Gasteiger partial charge in [-0.25, -0.2) is 9.48 Å². The summed E-state index contributed by atoms with van der Waals surface area (Å²) in [6.07, 6.45) is -3.20. The topological polar surface area (TPSA) is 68.0 Å². The Balaban J connectivity index is 2.05. The van der Waals surface area contributed by atoms with Crippen LogP contribution in [0.5, 0.6) is 0 Å². The number of nitrogens with zero attached hydrogens (tertiary/aromatic N) is 3. The number of carboxylic acid groups (broad SMARTS) is 1. The number of hydrogen-bond donors (Lipinski definition) is 1. The summed E-state index contributed by atoms with van der Waals surface area (Å²) < 4.78 is 38.9. The van der Waals surface area contributed by atoms with E-state index in [2.05, 4.69) is 10.3 Å². The molecule has 24 heavy (non-hydrogen) atoms. The largest absolute Gasteiger partial charge is 0.477 e. The van der Waals surface area contributed by atoms with E-state index in [0.717, 1.165) is 16.8 Å². The number of para-hydroxylation sites is 1. The van der Waals surface area contributed by atoms with Crippen LogP contribution < -0.4 is 0 Å². The first-order valence-corrected chi connectivity index (χ1v) is 6.79. The summed E-state index contributed by atoms with van der Waals surface area (Å²) in [7, 11) is 0. The van der Waals surface area contributed by atoms with E-state index in [4.69, 9.17) is 0 Å². The number of benzene rings is 2. The lowest BCUT2D eigenvalue weighted by Gasteiger charge is -2.07. The highest BCUT2D eigenvalue weighted by Gasteiger charge is 2.29. The first-order valence-electron chi connectivity index (χ1n) is 6.79. The second-order valence-electron chi connectivity index (χ2n) is 4.94. The Labute approximate surface area is 133 Å². The Morgan fingerprint density at radius 3 is 2.38 bits per heavy atom. The molecule has 122 valence electrons. The number of aromatic nitrogens is 3. The maximum Gasteiger partial charge on any atom is 0.416 e. The monoisotopic (exact) mass is 333 g/mol. The Kier molecular flexibility index (Phi) is 3.80. The predicted octanol–water partition coefficient (Wildman–Crippen LogP) is 3.53. The van der Waals surface area contributed by atoms with Gasteiger partial charge in [0.15, 0.2) is 5.70 Å². The molecule has 0 aliphatic carbocycles. The third-order valence-electron chi connectivity index (χ3n) is 3.34. The number of aliphatic carboxylic acids is 1. The summed E-state index contributed by atoms with van der Waals surface area (Å²) in [4.78, 5) is 11.5. The molecule has 0 atom stereocenters. The van der Waals surface area contributed by atoms with E-state index in [1.807, 2.05) is 0 Å². The molecule has 0 saturated carbocycles. The summed E-state index contributed by atoms with van der Waals surface area (Å²) >= 11 is 0. The average Bonchev–Trinajstić information content (AvgIpc) is 2.96. The highest BCUT2D eigenvalue weighted by molar-refractivity contribution is 6.15. The molecule has 0 radical (unpaired) electrons. The van der Waals surface area contributed by atoms with Crippen LogP contribution in [0.15, 0.2) is 48.5 Å². The lowest BCUT2D eigenvalue weighted by Crippen LogP contribution is -2.09. The molecule has 0 bridgehead atoms. The minimum absolute atomic E-state index is 0.219. The van der Waals surface area contributed by atoms with Crippen molar-refractivity contribution in [3.63, 3.8) is 0 Å². The minimum Gasteiger partial charge on any atom is -0.477 e. The van der Waals surface area contributed by atoms with Crippen molar-refractivity contribution < 1.29 is 23.1 Å². The molecule has 1 N–H and O–H groups in total. The summed E-state index contributed by atoms with van der Waals surface area (Å²) in [5.41, 5.74) is 0.279. The van der Waals surface area contributed by atoms with Crippen molar-refractivity contribution >= 4 is 28.8 Å². The van der Waals surface area contributed by atoms with Crippen molar-refractivity contribution in [3.8, 4) is 0 Å².